The zero-order valence-corrected chi connectivity index (χ0v) is 12.7. The van der Waals surface area contributed by atoms with Crippen LogP contribution in [0.2, 0.25) is 0 Å². The van der Waals surface area contributed by atoms with E-state index in [1.54, 1.807) is 18.4 Å². The van der Waals surface area contributed by atoms with Gasteiger partial charge >= 0.3 is 0 Å². The van der Waals surface area contributed by atoms with Crippen molar-refractivity contribution in [1.29, 1.82) is 0 Å². The van der Waals surface area contributed by atoms with Gasteiger partial charge in [-0.25, -0.2) is 0 Å². The quantitative estimate of drug-likeness (QED) is 0.916. The van der Waals surface area contributed by atoms with E-state index < -0.39 is 6.10 Å². The number of ether oxygens (including phenoxy) is 1. The second-order valence-corrected chi connectivity index (χ2v) is 6.09. The van der Waals surface area contributed by atoms with Gasteiger partial charge < -0.3 is 9.84 Å². The summed E-state index contributed by atoms with van der Waals surface area (Å²) in [7, 11) is 1.65. The molecule has 0 bridgehead atoms. The molecule has 0 aliphatic rings. The first-order chi connectivity index (χ1) is 8.60. The average molecular weight is 327 g/mol. The fourth-order valence-corrected chi connectivity index (χ4v) is 3.30. The van der Waals surface area contributed by atoms with Gasteiger partial charge in [0.15, 0.2) is 0 Å². The number of hydrogen-bond donors (Lipinski definition) is 1. The Morgan fingerprint density at radius 2 is 2.17 bits per heavy atom. The molecule has 1 atom stereocenters. The van der Waals surface area contributed by atoms with Crippen molar-refractivity contribution in [3.05, 3.63) is 50.1 Å². The van der Waals surface area contributed by atoms with E-state index in [1.807, 2.05) is 36.6 Å². The van der Waals surface area contributed by atoms with E-state index in [0.29, 0.717) is 6.42 Å². The highest BCUT2D eigenvalue weighted by Gasteiger charge is 2.12. The lowest BCUT2D eigenvalue weighted by molar-refractivity contribution is 0.179. The van der Waals surface area contributed by atoms with Crippen molar-refractivity contribution in [1.82, 2.24) is 0 Å². The average Bonchev–Trinajstić information content (AvgIpc) is 2.75. The van der Waals surface area contributed by atoms with Crippen LogP contribution in [0.4, 0.5) is 0 Å². The molecule has 0 aliphatic carbocycles. The van der Waals surface area contributed by atoms with Crippen molar-refractivity contribution in [3.63, 3.8) is 0 Å². The van der Waals surface area contributed by atoms with Gasteiger partial charge in [0, 0.05) is 21.2 Å². The molecule has 1 aromatic carbocycles. The number of aliphatic hydroxyl groups excluding tert-OH is 1. The number of rotatable bonds is 4. The maximum absolute atomic E-state index is 10.2. The van der Waals surface area contributed by atoms with Crippen LogP contribution in [0.5, 0.6) is 5.75 Å². The molecule has 0 aliphatic heterocycles. The topological polar surface area (TPSA) is 29.5 Å². The summed E-state index contributed by atoms with van der Waals surface area (Å²) in [5, 5.41) is 12.3. The smallest absolute Gasteiger partial charge is 0.122 e. The number of benzene rings is 1. The summed E-state index contributed by atoms with van der Waals surface area (Å²) < 4.78 is 6.34. The first kappa shape index (κ1) is 13.6. The summed E-state index contributed by atoms with van der Waals surface area (Å²) in [6.45, 7) is 1.99. The molecule has 1 heterocycles. The predicted molar refractivity (Wildman–Crippen MR) is 78.4 cm³/mol. The van der Waals surface area contributed by atoms with Gasteiger partial charge in [0.05, 0.1) is 13.2 Å². The highest BCUT2D eigenvalue weighted by Crippen LogP contribution is 2.28. The fourth-order valence-electron chi connectivity index (χ4n) is 1.81. The minimum Gasteiger partial charge on any atom is -0.496 e. The van der Waals surface area contributed by atoms with Crippen LogP contribution in [0.15, 0.2) is 34.1 Å². The summed E-state index contributed by atoms with van der Waals surface area (Å²) in [6, 6.07) is 7.87. The number of methoxy groups -OCH3 is 1. The van der Waals surface area contributed by atoms with Crippen LogP contribution in [0.3, 0.4) is 0 Å². The molecular weight excluding hydrogens is 312 g/mol. The minimum atomic E-state index is -0.495. The SMILES string of the molecule is COc1cc(C(O)Cc2cc(Br)cs2)ccc1C. The molecule has 18 heavy (non-hydrogen) atoms. The summed E-state index contributed by atoms with van der Waals surface area (Å²) >= 11 is 5.07. The summed E-state index contributed by atoms with van der Waals surface area (Å²) in [4.78, 5) is 1.16. The van der Waals surface area contributed by atoms with Crippen molar-refractivity contribution in [2.24, 2.45) is 0 Å². The van der Waals surface area contributed by atoms with Crippen molar-refractivity contribution in [2.75, 3.05) is 7.11 Å². The normalized spacial score (nSPS) is 12.4. The van der Waals surface area contributed by atoms with E-state index in [2.05, 4.69) is 15.9 Å². The third-order valence-corrected chi connectivity index (χ3v) is 4.55. The summed E-state index contributed by atoms with van der Waals surface area (Å²) in [6.07, 6.45) is 0.132. The third kappa shape index (κ3) is 3.13. The zero-order valence-electron chi connectivity index (χ0n) is 10.3. The van der Waals surface area contributed by atoms with Crippen molar-refractivity contribution < 1.29 is 9.84 Å². The van der Waals surface area contributed by atoms with Gasteiger partial charge in [0.1, 0.15) is 5.75 Å². The number of hydrogen-bond acceptors (Lipinski definition) is 3. The molecule has 4 heteroatoms. The van der Waals surface area contributed by atoms with E-state index in [1.165, 1.54) is 0 Å². The number of aryl methyl sites for hydroxylation is 1. The molecule has 2 rings (SSSR count). The molecule has 2 aromatic rings. The maximum atomic E-state index is 10.2. The van der Waals surface area contributed by atoms with Crippen LogP contribution in [0.25, 0.3) is 0 Å². The Morgan fingerprint density at radius 3 is 2.78 bits per heavy atom. The molecule has 0 saturated heterocycles. The highest BCUT2D eigenvalue weighted by atomic mass is 79.9. The molecule has 1 unspecified atom stereocenters. The summed E-state index contributed by atoms with van der Waals surface area (Å²) in [5.41, 5.74) is 1.97. The van der Waals surface area contributed by atoms with E-state index >= 15 is 0 Å². The molecule has 0 fully saturated rings. The summed E-state index contributed by atoms with van der Waals surface area (Å²) in [5.74, 6) is 0.818. The maximum Gasteiger partial charge on any atom is 0.122 e. The van der Waals surface area contributed by atoms with E-state index in [-0.39, 0.29) is 0 Å². The predicted octanol–water partition coefficient (Wildman–Crippen LogP) is 4.10. The van der Waals surface area contributed by atoms with Gasteiger partial charge in [-0.15, -0.1) is 11.3 Å². The van der Waals surface area contributed by atoms with Crippen LogP contribution in [-0.2, 0) is 6.42 Å². The van der Waals surface area contributed by atoms with Crippen LogP contribution >= 0.6 is 27.3 Å². The molecule has 1 aromatic heterocycles. The Bertz CT molecular complexity index is 536. The van der Waals surface area contributed by atoms with Crippen molar-refractivity contribution in [2.45, 2.75) is 19.4 Å². The zero-order chi connectivity index (χ0) is 13.1. The van der Waals surface area contributed by atoms with Crippen LogP contribution in [0.1, 0.15) is 22.1 Å². The van der Waals surface area contributed by atoms with Gasteiger partial charge in [0.2, 0.25) is 0 Å². The van der Waals surface area contributed by atoms with E-state index in [9.17, 15) is 5.11 Å². The molecule has 96 valence electrons. The Kier molecular flexibility index (Phi) is 4.43. The van der Waals surface area contributed by atoms with Crippen LogP contribution in [-0.4, -0.2) is 12.2 Å². The minimum absolute atomic E-state index is 0.495. The molecule has 1 N–H and O–H groups in total. The second-order valence-electron chi connectivity index (χ2n) is 4.18. The lowest BCUT2D eigenvalue weighted by Gasteiger charge is -2.12. The molecule has 0 saturated carbocycles. The largest absolute Gasteiger partial charge is 0.496 e. The highest BCUT2D eigenvalue weighted by molar-refractivity contribution is 9.10. The van der Waals surface area contributed by atoms with Gasteiger partial charge in [0.25, 0.3) is 0 Å². The van der Waals surface area contributed by atoms with Gasteiger partial charge in [-0.3, -0.25) is 0 Å². The fraction of sp³-hybridized carbons (Fsp3) is 0.286. The van der Waals surface area contributed by atoms with Gasteiger partial charge in [-0.2, -0.15) is 0 Å². The number of aliphatic hydroxyl groups is 1. The first-order valence-electron chi connectivity index (χ1n) is 5.65. The number of halogens is 1. The van der Waals surface area contributed by atoms with Gasteiger partial charge in [-0.1, -0.05) is 12.1 Å². The number of thiophene rings is 1. The lowest BCUT2D eigenvalue weighted by Crippen LogP contribution is -2.01. The van der Waals surface area contributed by atoms with E-state index in [4.69, 9.17) is 4.74 Å². The third-order valence-electron chi connectivity index (χ3n) is 2.83. The first-order valence-corrected chi connectivity index (χ1v) is 7.33. The van der Waals surface area contributed by atoms with E-state index in [0.717, 1.165) is 26.2 Å². The molecule has 0 radical (unpaired) electrons. The Balaban J connectivity index is 2.15. The Morgan fingerprint density at radius 1 is 1.39 bits per heavy atom. The standard InChI is InChI=1S/C14H15BrO2S/c1-9-3-4-10(5-14(9)17-2)13(16)7-12-6-11(15)8-18-12/h3-6,8,13,16H,7H2,1-2H3. The molecule has 2 nitrogen and oxygen atoms in total. The monoisotopic (exact) mass is 326 g/mol. The molecule has 0 spiro atoms. The molecular formula is C14H15BrO2S. The lowest BCUT2D eigenvalue weighted by atomic mass is 10.0. The Labute approximate surface area is 119 Å². The van der Waals surface area contributed by atoms with Crippen LogP contribution in [0, 0.1) is 6.92 Å². The van der Waals surface area contributed by atoms with Crippen molar-refractivity contribution >= 4 is 27.3 Å². The van der Waals surface area contributed by atoms with Gasteiger partial charge in [-0.05, 0) is 46.1 Å². The molecule has 0 amide bonds. The van der Waals surface area contributed by atoms with Crippen molar-refractivity contribution in [3.8, 4) is 5.75 Å². The second kappa shape index (κ2) is 5.87. The van der Waals surface area contributed by atoms with Crippen LogP contribution < -0.4 is 4.74 Å². The Hall–Kier alpha value is -0.840.